The second-order valence-corrected chi connectivity index (χ2v) is 10.8. The zero-order chi connectivity index (χ0) is 23.1. The van der Waals surface area contributed by atoms with Gasteiger partial charge in [-0.05, 0) is 86.4 Å². The first-order valence-corrected chi connectivity index (χ1v) is 11.8. The van der Waals surface area contributed by atoms with E-state index < -0.39 is 11.2 Å². The van der Waals surface area contributed by atoms with Crippen LogP contribution in [0.15, 0.2) is 0 Å². The van der Waals surface area contributed by atoms with Gasteiger partial charge in [0.15, 0.2) is 0 Å². The third-order valence-electron chi connectivity index (χ3n) is 5.55. The van der Waals surface area contributed by atoms with Crippen molar-refractivity contribution < 1.29 is 19.1 Å². The molecule has 0 aromatic carbocycles. The van der Waals surface area contributed by atoms with Crippen LogP contribution in [0.25, 0.3) is 0 Å². The Morgan fingerprint density at radius 3 is 1.77 bits per heavy atom. The summed E-state index contributed by atoms with van der Waals surface area (Å²) in [5.74, 6) is 0.621. The average molecular weight is 441 g/mol. The number of likely N-dealkylation sites (tertiary alicyclic amines) is 1. The molecule has 0 unspecified atom stereocenters. The Kier molecular flexibility index (Phi) is 9.43. The highest BCUT2D eigenvalue weighted by Gasteiger charge is 2.27. The lowest BCUT2D eigenvalue weighted by Gasteiger charge is -2.35. The molecule has 0 aromatic heterocycles. The van der Waals surface area contributed by atoms with Gasteiger partial charge >= 0.3 is 12.2 Å². The fourth-order valence-electron chi connectivity index (χ4n) is 3.86. The van der Waals surface area contributed by atoms with Gasteiger partial charge in [-0.2, -0.15) is 0 Å². The Balaban J connectivity index is 1.51. The number of hydrogen-bond donors (Lipinski definition) is 1. The summed E-state index contributed by atoms with van der Waals surface area (Å²) in [6.07, 6.45) is 2.76. The lowest BCUT2D eigenvalue weighted by Crippen LogP contribution is -2.50. The van der Waals surface area contributed by atoms with Crippen LogP contribution in [0.1, 0.15) is 60.8 Å². The number of nitrogens with zero attached hydrogens (tertiary/aromatic N) is 3. The van der Waals surface area contributed by atoms with Crippen molar-refractivity contribution in [3.05, 3.63) is 0 Å². The number of nitrogens with one attached hydrogen (secondary N) is 1. The molecule has 0 radical (unpaired) electrons. The number of ether oxygens (including phenoxy) is 2. The van der Waals surface area contributed by atoms with Gasteiger partial charge in [0, 0.05) is 39.3 Å². The van der Waals surface area contributed by atoms with Gasteiger partial charge in [0.2, 0.25) is 0 Å². The van der Waals surface area contributed by atoms with Crippen LogP contribution in [0, 0.1) is 5.92 Å². The molecular weight excluding hydrogens is 396 g/mol. The Morgan fingerprint density at radius 1 is 0.806 bits per heavy atom. The number of piperidine rings is 1. The molecule has 8 nitrogen and oxygen atoms in total. The van der Waals surface area contributed by atoms with Gasteiger partial charge in [-0.3, -0.25) is 4.90 Å². The molecule has 1 N–H and O–H groups in total. The molecule has 2 saturated heterocycles. The van der Waals surface area contributed by atoms with E-state index in [4.69, 9.17) is 9.47 Å². The normalized spacial score (nSPS) is 19.4. The van der Waals surface area contributed by atoms with E-state index in [1.807, 2.05) is 51.3 Å². The van der Waals surface area contributed by atoms with Crippen LogP contribution in [0.5, 0.6) is 0 Å². The van der Waals surface area contributed by atoms with E-state index in [2.05, 4.69) is 10.2 Å². The summed E-state index contributed by atoms with van der Waals surface area (Å²) < 4.78 is 10.9. The first-order valence-electron chi connectivity index (χ1n) is 11.8. The molecule has 0 aromatic rings. The van der Waals surface area contributed by atoms with E-state index in [0.29, 0.717) is 5.92 Å². The number of carbonyl (C=O) groups excluding carboxylic acids is 2. The number of amides is 2. The number of hydrogen-bond acceptors (Lipinski definition) is 6. The van der Waals surface area contributed by atoms with Crippen molar-refractivity contribution in [1.82, 2.24) is 20.0 Å². The van der Waals surface area contributed by atoms with E-state index in [9.17, 15) is 9.59 Å². The molecule has 0 spiro atoms. The fourth-order valence-corrected chi connectivity index (χ4v) is 3.86. The third-order valence-corrected chi connectivity index (χ3v) is 5.55. The molecule has 31 heavy (non-hydrogen) atoms. The Morgan fingerprint density at radius 2 is 1.29 bits per heavy atom. The first kappa shape index (κ1) is 25.7. The highest BCUT2D eigenvalue weighted by Crippen LogP contribution is 2.19. The van der Waals surface area contributed by atoms with Gasteiger partial charge in [-0.15, -0.1) is 0 Å². The number of carbonyl (C=O) groups is 2. The van der Waals surface area contributed by atoms with Crippen molar-refractivity contribution in [2.24, 2.45) is 5.92 Å². The topological polar surface area (TPSA) is 74.4 Å². The molecule has 180 valence electrons. The van der Waals surface area contributed by atoms with Crippen molar-refractivity contribution >= 4 is 12.2 Å². The third kappa shape index (κ3) is 10.1. The predicted octanol–water partition coefficient (Wildman–Crippen LogP) is 3.17. The van der Waals surface area contributed by atoms with Crippen LogP contribution in [0.2, 0.25) is 0 Å². The van der Waals surface area contributed by atoms with Gasteiger partial charge in [0.05, 0.1) is 0 Å². The largest absolute Gasteiger partial charge is 0.444 e. The lowest BCUT2D eigenvalue weighted by atomic mass is 9.97. The van der Waals surface area contributed by atoms with Gasteiger partial charge in [-0.25, -0.2) is 9.59 Å². The van der Waals surface area contributed by atoms with Crippen molar-refractivity contribution in [3.63, 3.8) is 0 Å². The molecule has 0 bridgehead atoms. The minimum atomic E-state index is -0.438. The van der Waals surface area contributed by atoms with Gasteiger partial charge < -0.3 is 24.6 Å². The Bertz CT molecular complexity index is 519. The summed E-state index contributed by atoms with van der Waals surface area (Å²) in [4.78, 5) is 30.3. The minimum absolute atomic E-state index is 0.189. The second-order valence-electron chi connectivity index (χ2n) is 10.8. The van der Waals surface area contributed by atoms with E-state index in [1.165, 1.54) is 0 Å². The summed E-state index contributed by atoms with van der Waals surface area (Å²) in [6.45, 7) is 19.3. The van der Waals surface area contributed by atoms with Gasteiger partial charge in [0.1, 0.15) is 11.2 Å². The average Bonchev–Trinajstić information content (AvgIpc) is 2.66. The van der Waals surface area contributed by atoms with Crippen LogP contribution in [-0.2, 0) is 9.47 Å². The fraction of sp³-hybridized carbons (Fsp3) is 0.913. The minimum Gasteiger partial charge on any atom is -0.444 e. The zero-order valence-corrected chi connectivity index (χ0v) is 20.5. The SMILES string of the molecule is CC(C)(C)OC(=O)N1CCC(CNCCCN2CCN(C(=O)OC(C)(C)C)CC2)CC1. The molecule has 2 heterocycles. The summed E-state index contributed by atoms with van der Waals surface area (Å²) >= 11 is 0. The lowest BCUT2D eigenvalue weighted by molar-refractivity contribution is 0.0143. The quantitative estimate of drug-likeness (QED) is 0.640. The summed E-state index contributed by atoms with van der Waals surface area (Å²) in [5.41, 5.74) is -0.871. The van der Waals surface area contributed by atoms with Gasteiger partial charge in [0.25, 0.3) is 0 Å². The highest BCUT2D eigenvalue weighted by molar-refractivity contribution is 5.68. The molecule has 2 aliphatic heterocycles. The number of rotatable bonds is 6. The summed E-state index contributed by atoms with van der Waals surface area (Å²) in [7, 11) is 0. The monoisotopic (exact) mass is 440 g/mol. The predicted molar refractivity (Wildman–Crippen MR) is 122 cm³/mol. The van der Waals surface area contributed by atoms with Crippen molar-refractivity contribution in [1.29, 1.82) is 0 Å². The van der Waals surface area contributed by atoms with Crippen LogP contribution >= 0.6 is 0 Å². The zero-order valence-electron chi connectivity index (χ0n) is 20.5. The highest BCUT2D eigenvalue weighted by atomic mass is 16.6. The molecule has 0 aliphatic carbocycles. The van der Waals surface area contributed by atoms with E-state index in [0.717, 1.165) is 78.2 Å². The van der Waals surface area contributed by atoms with Crippen molar-refractivity contribution in [2.45, 2.75) is 72.0 Å². The van der Waals surface area contributed by atoms with Crippen molar-refractivity contribution in [2.75, 3.05) is 58.9 Å². The van der Waals surface area contributed by atoms with E-state index in [1.54, 1.807) is 0 Å². The van der Waals surface area contributed by atoms with Crippen LogP contribution in [-0.4, -0.2) is 97.0 Å². The van der Waals surface area contributed by atoms with Crippen molar-refractivity contribution in [3.8, 4) is 0 Å². The van der Waals surface area contributed by atoms with E-state index >= 15 is 0 Å². The maximum absolute atomic E-state index is 12.1. The molecule has 0 atom stereocenters. The summed E-state index contributed by atoms with van der Waals surface area (Å²) in [6, 6.07) is 0. The standard InChI is InChI=1S/C23H44N4O4/c1-22(2,3)30-20(28)26-12-8-19(9-13-26)18-24-10-7-11-25-14-16-27(17-15-25)21(29)31-23(4,5)6/h19,24H,7-18H2,1-6H3. The van der Waals surface area contributed by atoms with Crippen LogP contribution < -0.4 is 5.32 Å². The molecule has 0 saturated carbocycles. The molecule has 8 heteroatoms. The molecular formula is C23H44N4O4. The van der Waals surface area contributed by atoms with Crippen LogP contribution in [0.3, 0.4) is 0 Å². The molecule has 2 fully saturated rings. The first-order chi connectivity index (χ1) is 14.4. The van der Waals surface area contributed by atoms with Crippen LogP contribution in [0.4, 0.5) is 9.59 Å². The second kappa shape index (κ2) is 11.4. The molecule has 2 amide bonds. The molecule has 2 rings (SSSR count). The maximum Gasteiger partial charge on any atom is 0.410 e. The number of piperazine rings is 1. The molecule has 2 aliphatic rings. The maximum atomic E-state index is 12.1. The van der Waals surface area contributed by atoms with Gasteiger partial charge in [-0.1, -0.05) is 0 Å². The van der Waals surface area contributed by atoms with E-state index in [-0.39, 0.29) is 12.2 Å². The summed E-state index contributed by atoms with van der Waals surface area (Å²) in [5, 5.41) is 3.58. The Labute approximate surface area is 188 Å². The Hall–Kier alpha value is -1.54. The smallest absolute Gasteiger partial charge is 0.410 e.